The third kappa shape index (κ3) is 3.18. The highest BCUT2D eigenvalue weighted by molar-refractivity contribution is 5.87. The molecule has 4 N–H and O–H groups in total. The van der Waals surface area contributed by atoms with Crippen molar-refractivity contribution in [1.82, 2.24) is 15.0 Å². The third-order valence-corrected chi connectivity index (χ3v) is 3.54. The van der Waals surface area contributed by atoms with Crippen molar-refractivity contribution < 1.29 is 9.90 Å². The molecule has 2 aromatic heterocycles. The third-order valence-electron chi connectivity index (χ3n) is 3.54. The highest BCUT2D eigenvalue weighted by Crippen LogP contribution is 2.12. The van der Waals surface area contributed by atoms with Gasteiger partial charge in [0.2, 0.25) is 5.95 Å². The minimum Gasteiger partial charge on any atom is -0.478 e. The van der Waals surface area contributed by atoms with Crippen LogP contribution in [0.4, 0.5) is 5.95 Å². The number of nitrogens with one attached hydrogen (secondary N) is 1. The fourth-order valence-corrected chi connectivity index (χ4v) is 2.33. The molecule has 0 saturated carbocycles. The van der Waals surface area contributed by atoms with Crippen molar-refractivity contribution in [2.75, 3.05) is 5.73 Å². The number of aromatic amines is 1. The average Bonchev–Trinajstić information content (AvgIpc) is 2.53. The van der Waals surface area contributed by atoms with Gasteiger partial charge < -0.3 is 10.8 Å². The number of carboxylic acid groups (broad SMARTS) is 1. The van der Waals surface area contributed by atoms with E-state index in [1.54, 1.807) is 30.3 Å². The van der Waals surface area contributed by atoms with Crippen LogP contribution >= 0.6 is 0 Å². The van der Waals surface area contributed by atoms with Crippen LogP contribution in [0.2, 0.25) is 0 Å². The zero-order valence-electron chi connectivity index (χ0n) is 12.1. The molecule has 116 valence electrons. The topological polar surface area (TPSA) is 122 Å². The van der Waals surface area contributed by atoms with Crippen molar-refractivity contribution in [2.24, 2.45) is 0 Å². The van der Waals surface area contributed by atoms with Crippen LogP contribution in [0, 0.1) is 0 Å². The molecule has 0 amide bonds. The van der Waals surface area contributed by atoms with E-state index in [0.717, 1.165) is 11.3 Å². The van der Waals surface area contributed by atoms with Crippen molar-refractivity contribution in [3.8, 4) is 0 Å². The lowest BCUT2D eigenvalue weighted by Gasteiger charge is -2.04. The number of nitrogens with two attached hydrogens (primary N) is 1. The molecule has 0 aliphatic heterocycles. The first-order chi connectivity index (χ1) is 11.0. The molecule has 0 spiro atoms. The molecular formula is C16H14N4O3. The number of H-pyrrole nitrogens is 1. The fraction of sp³-hybridized carbons (Fsp3) is 0.125. The zero-order chi connectivity index (χ0) is 16.4. The molecule has 0 atom stereocenters. The van der Waals surface area contributed by atoms with Crippen molar-refractivity contribution in [3.05, 3.63) is 63.7 Å². The number of anilines is 1. The maximum Gasteiger partial charge on any atom is 0.335 e. The van der Waals surface area contributed by atoms with E-state index in [-0.39, 0.29) is 17.1 Å². The lowest BCUT2D eigenvalue weighted by molar-refractivity contribution is 0.0697. The number of carboxylic acids is 1. The Hall–Kier alpha value is -3.22. The van der Waals surface area contributed by atoms with Gasteiger partial charge in [-0.1, -0.05) is 12.1 Å². The van der Waals surface area contributed by atoms with Gasteiger partial charge in [-0.25, -0.2) is 9.78 Å². The summed E-state index contributed by atoms with van der Waals surface area (Å²) in [4.78, 5) is 33.5. The SMILES string of the molecule is Nc1nc2cnc(CCc3ccc(C(=O)O)cc3)cc2c(=O)[nH]1. The first kappa shape index (κ1) is 14.7. The number of fused-ring (bicyclic) bond motifs is 1. The molecule has 1 aromatic carbocycles. The summed E-state index contributed by atoms with van der Waals surface area (Å²) in [6, 6.07) is 8.40. The predicted molar refractivity (Wildman–Crippen MR) is 85.4 cm³/mol. The Morgan fingerprint density at radius 3 is 2.65 bits per heavy atom. The number of rotatable bonds is 4. The lowest BCUT2D eigenvalue weighted by atomic mass is 10.1. The largest absolute Gasteiger partial charge is 0.478 e. The van der Waals surface area contributed by atoms with E-state index in [4.69, 9.17) is 10.8 Å². The van der Waals surface area contributed by atoms with Gasteiger partial charge >= 0.3 is 5.97 Å². The van der Waals surface area contributed by atoms with Crippen LogP contribution in [-0.4, -0.2) is 26.0 Å². The second-order valence-corrected chi connectivity index (χ2v) is 5.15. The van der Waals surface area contributed by atoms with Crippen molar-refractivity contribution in [1.29, 1.82) is 0 Å². The molecule has 23 heavy (non-hydrogen) atoms. The first-order valence-corrected chi connectivity index (χ1v) is 6.99. The van der Waals surface area contributed by atoms with Crippen LogP contribution in [0.3, 0.4) is 0 Å². The summed E-state index contributed by atoms with van der Waals surface area (Å²) in [5.41, 5.74) is 7.68. The molecule has 0 unspecified atom stereocenters. The maximum atomic E-state index is 11.9. The molecule has 0 aliphatic rings. The van der Waals surface area contributed by atoms with E-state index in [9.17, 15) is 9.59 Å². The molecule has 2 heterocycles. The minimum absolute atomic E-state index is 0.0653. The van der Waals surface area contributed by atoms with E-state index in [2.05, 4.69) is 15.0 Å². The number of hydrogen-bond acceptors (Lipinski definition) is 5. The molecule has 0 radical (unpaired) electrons. The maximum absolute atomic E-state index is 11.9. The van der Waals surface area contributed by atoms with Crippen LogP contribution in [0.5, 0.6) is 0 Å². The van der Waals surface area contributed by atoms with E-state index in [0.29, 0.717) is 23.7 Å². The average molecular weight is 310 g/mol. The van der Waals surface area contributed by atoms with Gasteiger partial charge in [0.25, 0.3) is 5.56 Å². The van der Waals surface area contributed by atoms with E-state index in [1.807, 2.05) is 0 Å². The molecule has 3 rings (SSSR count). The summed E-state index contributed by atoms with van der Waals surface area (Å²) in [6.45, 7) is 0. The van der Waals surface area contributed by atoms with Gasteiger partial charge in [0, 0.05) is 5.69 Å². The van der Waals surface area contributed by atoms with Crippen LogP contribution in [0.25, 0.3) is 10.9 Å². The van der Waals surface area contributed by atoms with E-state index in [1.165, 1.54) is 6.20 Å². The van der Waals surface area contributed by atoms with Gasteiger partial charge in [-0.15, -0.1) is 0 Å². The van der Waals surface area contributed by atoms with Crippen molar-refractivity contribution in [3.63, 3.8) is 0 Å². The molecule has 7 nitrogen and oxygen atoms in total. The minimum atomic E-state index is -0.946. The summed E-state index contributed by atoms with van der Waals surface area (Å²) in [5.74, 6) is -0.880. The van der Waals surface area contributed by atoms with Gasteiger partial charge in [-0.05, 0) is 36.6 Å². The molecule has 7 heteroatoms. The second-order valence-electron chi connectivity index (χ2n) is 5.15. The predicted octanol–water partition coefficient (Wildman–Crippen LogP) is 1.38. The molecule has 3 aromatic rings. The van der Waals surface area contributed by atoms with Crippen molar-refractivity contribution in [2.45, 2.75) is 12.8 Å². The summed E-state index contributed by atoms with van der Waals surface area (Å²) in [5, 5.41) is 9.32. The summed E-state index contributed by atoms with van der Waals surface area (Å²) in [7, 11) is 0. The number of hydrogen-bond donors (Lipinski definition) is 3. The quantitative estimate of drug-likeness (QED) is 0.669. The van der Waals surface area contributed by atoms with Crippen molar-refractivity contribution >= 4 is 22.8 Å². The highest BCUT2D eigenvalue weighted by atomic mass is 16.4. The number of nitrogens with zero attached hydrogens (tertiary/aromatic N) is 2. The smallest absolute Gasteiger partial charge is 0.335 e. The standard InChI is InChI=1S/C16H14N4O3/c17-16-19-13-8-18-11(7-12(13)14(21)20-16)6-3-9-1-4-10(5-2-9)15(22)23/h1-2,4-5,7-8H,3,6H2,(H,22,23)(H3,17,19,20,21). The van der Waals surface area contributed by atoms with Gasteiger partial charge in [0.05, 0.1) is 22.7 Å². The Morgan fingerprint density at radius 1 is 1.22 bits per heavy atom. The number of aromatic carboxylic acids is 1. The molecule has 0 saturated heterocycles. The number of pyridine rings is 1. The van der Waals surface area contributed by atoms with Crippen LogP contribution in [-0.2, 0) is 12.8 Å². The normalized spacial score (nSPS) is 10.8. The second kappa shape index (κ2) is 5.88. The van der Waals surface area contributed by atoms with Crippen LogP contribution in [0.1, 0.15) is 21.6 Å². The number of aryl methyl sites for hydroxylation is 2. The monoisotopic (exact) mass is 310 g/mol. The number of aromatic nitrogens is 3. The first-order valence-electron chi connectivity index (χ1n) is 6.99. The van der Waals surface area contributed by atoms with Crippen LogP contribution in [0.15, 0.2) is 41.3 Å². The number of carbonyl (C=O) groups is 1. The van der Waals surface area contributed by atoms with Gasteiger partial charge in [-0.3, -0.25) is 14.8 Å². The molecule has 0 bridgehead atoms. The summed E-state index contributed by atoms with van der Waals surface area (Å²) >= 11 is 0. The fourth-order valence-electron chi connectivity index (χ4n) is 2.33. The Labute approximate surface area is 130 Å². The Kier molecular flexibility index (Phi) is 3.76. The summed E-state index contributed by atoms with van der Waals surface area (Å²) in [6.07, 6.45) is 2.86. The van der Waals surface area contributed by atoms with Crippen LogP contribution < -0.4 is 11.3 Å². The van der Waals surface area contributed by atoms with Gasteiger partial charge in [0.1, 0.15) is 0 Å². The molecule has 0 fully saturated rings. The number of benzene rings is 1. The van der Waals surface area contributed by atoms with E-state index < -0.39 is 5.97 Å². The van der Waals surface area contributed by atoms with E-state index >= 15 is 0 Å². The zero-order valence-corrected chi connectivity index (χ0v) is 12.1. The Morgan fingerprint density at radius 2 is 1.96 bits per heavy atom. The van der Waals surface area contributed by atoms with Gasteiger partial charge in [-0.2, -0.15) is 0 Å². The lowest BCUT2D eigenvalue weighted by Crippen LogP contribution is -2.12. The Balaban J connectivity index is 1.79. The molecule has 0 aliphatic carbocycles. The number of nitrogen functional groups attached to an aromatic ring is 1. The molecular weight excluding hydrogens is 296 g/mol. The van der Waals surface area contributed by atoms with Gasteiger partial charge in [0.15, 0.2) is 0 Å². The summed E-state index contributed by atoms with van der Waals surface area (Å²) < 4.78 is 0. The Bertz CT molecular complexity index is 932. The highest BCUT2D eigenvalue weighted by Gasteiger charge is 2.06.